The van der Waals surface area contributed by atoms with Gasteiger partial charge in [0.25, 0.3) is 0 Å². The second-order valence-electron chi connectivity index (χ2n) is 5.56. The maximum absolute atomic E-state index is 12.7. The van der Waals surface area contributed by atoms with Crippen molar-refractivity contribution in [3.05, 3.63) is 23.8 Å². The van der Waals surface area contributed by atoms with E-state index >= 15 is 0 Å². The highest BCUT2D eigenvalue weighted by atomic mass is 32.1. The van der Waals surface area contributed by atoms with Crippen LogP contribution >= 0.6 is 11.3 Å². The van der Waals surface area contributed by atoms with Crippen LogP contribution in [0.15, 0.2) is 18.2 Å². The molecule has 0 spiro atoms. The second-order valence-corrected chi connectivity index (χ2v) is 6.57. The number of rotatable bonds is 3. The van der Waals surface area contributed by atoms with E-state index in [1.165, 1.54) is 17.4 Å². The molecule has 7 heteroatoms. The summed E-state index contributed by atoms with van der Waals surface area (Å²) < 4.78 is 44.2. The van der Waals surface area contributed by atoms with E-state index in [-0.39, 0.29) is 0 Å². The first-order valence-electron chi connectivity index (χ1n) is 7.19. The van der Waals surface area contributed by atoms with Gasteiger partial charge in [0, 0.05) is 26.8 Å². The molecular formula is C15H17F3N2OS. The van der Waals surface area contributed by atoms with Gasteiger partial charge in [-0.2, -0.15) is 13.2 Å². The highest BCUT2D eigenvalue weighted by molar-refractivity contribution is 7.22. The number of nitrogens with zero attached hydrogens (tertiary/aromatic N) is 2. The molecule has 0 bridgehead atoms. The molecule has 0 aliphatic carbocycles. The van der Waals surface area contributed by atoms with Gasteiger partial charge in [-0.05, 0) is 37.0 Å². The summed E-state index contributed by atoms with van der Waals surface area (Å²) in [6.45, 7) is 2.52. The molecule has 2 aromatic rings. The van der Waals surface area contributed by atoms with E-state index in [2.05, 4.69) is 9.88 Å². The number of hydrogen-bond donors (Lipinski definition) is 0. The van der Waals surface area contributed by atoms with Crippen LogP contribution in [-0.2, 0) is 10.9 Å². The number of alkyl halides is 3. The highest BCUT2D eigenvalue weighted by Gasteiger charge is 2.31. The Morgan fingerprint density at radius 2 is 2.05 bits per heavy atom. The summed E-state index contributed by atoms with van der Waals surface area (Å²) >= 11 is 1.45. The van der Waals surface area contributed by atoms with Gasteiger partial charge in [0.15, 0.2) is 5.13 Å². The summed E-state index contributed by atoms with van der Waals surface area (Å²) in [6.07, 6.45) is -2.27. The summed E-state index contributed by atoms with van der Waals surface area (Å²) in [5.74, 6) is 0.562. The number of halogens is 3. The van der Waals surface area contributed by atoms with E-state index in [4.69, 9.17) is 4.74 Å². The van der Waals surface area contributed by atoms with Gasteiger partial charge in [0.05, 0.1) is 15.8 Å². The fourth-order valence-electron chi connectivity index (χ4n) is 2.75. The number of fused-ring (bicyclic) bond motifs is 1. The molecule has 1 aromatic carbocycles. The topological polar surface area (TPSA) is 25.4 Å². The Labute approximate surface area is 130 Å². The van der Waals surface area contributed by atoms with Crippen molar-refractivity contribution in [1.82, 2.24) is 4.98 Å². The molecule has 0 N–H and O–H groups in total. The van der Waals surface area contributed by atoms with Gasteiger partial charge < -0.3 is 9.64 Å². The van der Waals surface area contributed by atoms with Gasteiger partial charge >= 0.3 is 6.18 Å². The zero-order chi connectivity index (χ0) is 15.7. The van der Waals surface area contributed by atoms with Crippen LogP contribution in [0.25, 0.3) is 10.2 Å². The molecule has 0 saturated carbocycles. The summed E-state index contributed by atoms with van der Waals surface area (Å²) in [6, 6.07) is 3.76. The molecule has 120 valence electrons. The lowest BCUT2D eigenvalue weighted by atomic mass is 9.98. The third-order valence-electron chi connectivity index (χ3n) is 3.99. The van der Waals surface area contributed by atoms with Crippen molar-refractivity contribution in [2.45, 2.75) is 19.0 Å². The van der Waals surface area contributed by atoms with Crippen molar-refractivity contribution >= 4 is 26.7 Å². The number of ether oxygens (including phenoxy) is 1. The molecule has 1 saturated heterocycles. The molecule has 1 aliphatic rings. The second kappa shape index (κ2) is 6.04. The minimum absolute atomic E-state index is 0.425. The molecule has 0 unspecified atom stereocenters. The predicted molar refractivity (Wildman–Crippen MR) is 81.4 cm³/mol. The zero-order valence-electron chi connectivity index (χ0n) is 12.2. The number of aromatic nitrogens is 1. The third kappa shape index (κ3) is 3.20. The Hall–Kier alpha value is -1.34. The molecule has 3 nitrogen and oxygen atoms in total. The average molecular weight is 330 g/mol. The van der Waals surface area contributed by atoms with E-state index in [1.54, 1.807) is 7.11 Å². The van der Waals surface area contributed by atoms with Crippen LogP contribution in [0.4, 0.5) is 18.3 Å². The van der Waals surface area contributed by atoms with E-state index in [9.17, 15) is 13.2 Å². The number of thiazole rings is 1. The molecule has 0 atom stereocenters. The number of benzene rings is 1. The highest BCUT2D eigenvalue weighted by Crippen LogP contribution is 2.35. The van der Waals surface area contributed by atoms with Gasteiger partial charge in [-0.3, -0.25) is 0 Å². The largest absolute Gasteiger partial charge is 0.416 e. The summed E-state index contributed by atoms with van der Waals surface area (Å²) in [7, 11) is 1.71. The maximum atomic E-state index is 12.7. The minimum Gasteiger partial charge on any atom is -0.384 e. The van der Waals surface area contributed by atoms with Crippen LogP contribution in [0.2, 0.25) is 0 Å². The van der Waals surface area contributed by atoms with Gasteiger partial charge in [-0.15, -0.1) is 0 Å². The lowest BCUT2D eigenvalue weighted by Crippen LogP contribution is -2.34. The van der Waals surface area contributed by atoms with E-state index in [0.717, 1.165) is 54.5 Å². The quantitative estimate of drug-likeness (QED) is 0.844. The molecule has 0 amide bonds. The molecule has 22 heavy (non-hydrogen) atoms. The van der Waals surface area contributed by atoms with E-state index in [0.29, 0.717) is 11.4 Å². The Morgan fingerprint density at radius 3 is 2.68 bits per heavy atom. The Kier molecular flexibility index (Phi) is 4.27. The first-order chi connectivity index (χ1) is 10.5. The molecule has 3 rings (SSSR count). The van der Waals surface area contributed by atoms with Crippen LogP contribution in [0.5, 0.6) is 0 Å². The van der Waals surface area contributed by atoms with Gasteiger partial charge in [0.1, 0.15) is 0 Å². The fraction of sp³-hybridized carbons (Fsp3) is 0.533. The van der Waals surface area contributed by atoms with Crippen LogP contribution in [0.3, 0.4) is 0 Å². The van der Waals surface area contributed by atoms with Crippen LogP contribution in [0, 0.1) is 5.92 Å². The minimum atomic E-state index is -4.32. The van der Waals surface area contributed by atoms with Crippen LogP contribution < -0.4 is 4.90 Å². The Balaban J connectivity index is 1.78. The summed E-state index contributed by atoms with van der Waals surface area (Å²) in [4.78, 5) is 6.55. The van der Waals surface area contributed by atoms with Crippen molar-refractivity contribution in [3.63, 3.8) is 0 Å². The fourth-order valence-corrected chi connectivity index (χ4v) is 3.75. The normalized spacial score (nSPS) is 17.4. The Morgan fingerprint density at radius 1 is 1.32 bits per heavy atom. The number of methoxy groups -OCH3 is 1. The predicted octanol–water partition coefficient (Wildman–Crippen LogP) is 4.18. The molecule has 0 radical (unpaired) electrons. The molecule has 1 fully saturated rings. The molecule has 2 heterocycles. The number of hydrogen-bond acceptors (Lipinski definition) is 4. The molecule has 1 aliphatic heterocycles. The average Bonchev–Trinajstić information content (AvgIpc) is 2.90. The smallest absolute Gasteiger partial charge is 0.384 e. The monoisotopic (exact) mass is 330 g/mol. The SMILES string of the molecule is COCC1CCN(c2nc3cc(C(F)(F)F)ccc3s2)CC1. The standard InChI is InChI=1S/C15H17F3N2OS/c1-21-9-10-4-6-20(7-5-10)14-19-12-8-11(15(16,17)18)2-3-13(12)22-14/h2-3,8,10H,4-7,9H2,1H3. The van der Waals surface area contributed by atoms with Crippen LogP contribution in [0.1, 0.15) is 18.4 Å². The van der Waals surface area contributed by atoms with Gasteiger partial charge in [-0.25, -0.2) is 4.98 Å². The number of piperidine rings is 1. The van der Waals surface area contributed by atoms with Crippen molar-refractivity contribution in [1.29, 1.82) is 0 Å². The first kappa shape index (κ1) is 15.6. The van der Waals surface area contributed by atoms with Crippen molar-refractivity contribution in [2.24, 2.45) is 5.92 Å². The lowest BCUT2D eigenvalue weighted by molar-refractivity contribution is -0.137. The van der Waals surface area contributed by atoms with E-state index in [1.807, 2.05) is 0 Å². The third-order valence-corrected chi connectivity index (χ3v) is 5.09. The molecular weight excluding hydrogens is 313 g/mol. The van der Waals surface area contributed by atoms with Crippen molar-refractivity contribution in [3.8, 4) is 0 Å². The van der Waals surface area contributed by atoms with Gasteiger partial charge in [0.2, 0.25) is 0 Å². The van der Waals surface area contributed by atoms with Gasteiger partial charge in [-0.1, -0.05) is 11.3 Å². The van der Waals surface area contributed by atoms with Crippen molar-refractivity contribution < 1.29 is 17.9 Å². The van der Waals surface area contributed by atoms with Crippen molar-refractivity contribution in [2.75, 3.05) is 31.7 Å². The Bertz CT molecular complexity index is 648. The summed E-state index contributed by atoms with van der Waals surface area (Å²) in [5.41, 5.74) is -0.218. The lowest BCUT2D eigenvalue weighted by Gasteiger charge is -2.31. The summed E-state index contributed by atoms with van der Waals surface area (Å²) in [5, 5.41) is 0.810. The number of anilines is 1. The maximum Gasteiger partial charge on any atom is 0.416 e. The van der Waals surface area contributed by atoms with E-state index < -0.39 is 11.7 Å². The molecule has 1 aromatic heterocycles. The zero-order valence-corrected chi connectivity index (χ0v) is 13.0. The first-order valence-corrected chi connectivity index (χ1v) is 8.00. The van der Waals surface area contributed by atoms with Crippen LogP contribution in [-0.4, -0.2) is 31.8 Å².